The van der Waals surface area contributed by atoms with Gasteiger partial charge in [-0.3, -0.25) is 0 Å². The number of benzene rings is 1. The fraction of sp³-hybridized carbons (Fsp3) is 0.412. The van der Waals surface area contributed by atoms with Gasteiger partial charge in [0.05, 0.1) is 0 Å². The molecule has 1 aromatic heterocycles. The lowest BCUT2D eigenvalue weighted by Crippen LogP contribution is -2.41. The molecule has 2 heterocycles. The van der Waals surface area contributed by atoms with Crippen LogP contribution in [-0.2, 0) is 19.4 Å². The molecule has 1 aromatic carbocycles. The number of rotatable bonds is 1. The number of nitrogens with one attached hydrogen (secondary N) is 1. The Hall–Kier alpha value is -1.12. The van der Waals surface area contributed by atoms with Gasteiger partial charge in [0.15, 0.2) is 0 Å². The summed E-state index contributed by atoms with van der Waals surface area (Å²) >= 11 is 2.00. The van der Waals surface area contributed by atoms with Crippen molar-refractivity contribution in [3.8, 4) is 0 Å². The molecule has 1 N–H and O–H groups in total. The van der Waals surface area contributed by atoms with Gasteiger partial charge >= 0.3 is 0 Å². The van der Waals surface area contributed by atoms with Crippen molar-refractivity contribution < 1.29 is 0 Å². The van der Waals surface area contributed by atoms with Crippen LogP contribution in [0.15, 0.2) is 30.3 Å². The highest BCUT2D eigenvalue weighted by molar-refractivity contribution is 7.12. The summed E-state index contributed by atoms with van der Waals surface area (Å²) in [5, 5.41) is 3.77. The van der Waals surface area contributed by atoms with Crippen LogP contribution < -0.4 is 5.32 Å². The van der Waals surface area contributed by atoms with E-state index < -0.39 is 0 Å². The largest absolute Gasteiger partial charge is 0.308 e. The molecule has 2 aromatic rings. The predicted octanol–water partition coefficient (Wildman–Crippen LogP) is 3.86. The van der Waals surface area contributed by atoms with Crippen LogP contribution in [0.3, 0.4) is 0 Å². The Bertz CT molecular complexity index is 613. The molecule has 0 amide bonds. The lowest BCUT2D eigenvalue weighted by Gasteiger charge is -2.38. The number of thiophene rings is 1. The first kappa shape index (κ1) is 11.7. The minimum absolute atomic E-state index is 0.588. The molecule has 19 heavy (non-hydrogen) atoms. The van der Waals surface area contributed by atoms with Gasteiger partial charge in [0.2, 0.25) is 0 Å². The third-order valence-corrected chi connectivity index (χ3v) is 5.91. The summed E-state index contributed by atoms with van der Waals surface area (Å²) in [6.07, 6.45) is 3.67. The van der Waals surface area contributed by atoms with Crippen molar-refractivity contribution in [2.24, 2.45) is 0 Å². The molecule has 0 radical (unpaired) electrons. The monoisotopic (exact) mass is 269 g/mol. The van der Waals surface area contributed by atoms with E-state index in [9.17, 15) is 0 Å². The van der Waals surface area contributed by atoms with E-state index in [1.165, 1.54) is 17.7 Å². The van der Waals surface area contributed by atoms with Crippen LogP contribution in [-0.4, -0.2) is 6.04 Å². The third-order valence-electron chi connectivity index (χ3n) is 4.62. The average molecular weight is 269 g/mol. The summed E-state index contributed by atoms with van der Waals surface area (Å²) < 4.78 is 0. The van der Waals surface area contributed by atoms with Gasteiger partial charge in [0, 0.05) is 28.3 Å². The first-order valence-corrected chi connectivity index (χ1v) is 8.11. The summed E-state index contributed by atoms with van der Waals surface area (Å²) in [5.74, 6) is 0.588. The third kappa shape index (κ3) is 1.78. The maximum atomic E-state index is 3.77. The number of fused-ring (bicyclic) bond motifs is 5. The van der Waals surface area contributed by atoms with E-state index >= 15 is 0 Å². The fourth-order valence-electron chi connectivity index (χ4n) is 3.66. The van der Waals surface area contributed by atoms with Crippen molar-refractivity contribution in [3.63, 3.8) is 0 Å². The average Bonchev–Trinajstić information content (AvgIpc) is 2.90. The van der Waals surface area contributed by atoms with Crippen molar-refractivity contribution >= 4 is 11.3 Å². The van der Waals surface area contributed by atoms with Gasteiger partial charge < -0.3 is 5.32 Å². The van der Waals surface area contributed by atoms with Gasteiger partial charge in [0.25, 0.3) is 0 Å². The molecule has 1 aliphatic carbocycles. The second-order valence-electron chi connectivity index (χ2n) is 5.65. The first-order chi connectivity index (χ1) is 9.36. The molecule has 0 fully saturated rings. The second-order valence-corrected chi connectivity index (χ2v) is 6.87. The minimum atomic E-state index is 0.588. The van der Waals surface area contributed by atoms with E-state index in [1.54, 1.807) is 21.6 Å². The van der Waals surface area contributed by atoms with Crippen LogP contribution in [0.25, 0.3) is 0 Å². The Labute approximate surface area is 118 Å². The Balaban J connectivity index is 1.87. The molecule has 2 heteroatoms. The predicted molar refractivity (Wildman–Crippen MR) is 80.9 cm³/mol. The molecular formula is C17H19NS. The normalized spacial score (nSPS) is 24.5. The topological polar surface area (TPSA) is 12.0 Å². The minimum Gasteiger partial charge on any atom is -0.308 e. The SMILES string of the molecule is CCc1cc2c(s1)CN[C@H]1CCc3ccccc3[C@H]21. The van der Waals surface area contributed by atoms with Gasteiger partial charge in [-0.25, -0.2) is 0 Å². The zero-order chi connectivity index (χ0) is 12.8. The van der Waals surface area contributed by atoms with Crippen molar-refractivity contribution in [1.82, 2.24) is 5.32 Å². The maximum Gasteiger partial charge on any atom is 0.0305 e. The van der Waals surface area contributed by atoms with E-state index in [2.05, 4.69) is 42.6 Å². The molecular weight excluding hydrogens is 250 g/mol. The van der Waals surface area contributed by atoms with E-state index in [1.807, 2.05) is 11.3 Å². The van der Waals surface area contributed by atoms with Crippen LogP contribution in [0.4, 0.5) is 0 Å². The van der Waals surface area contributed by atoms with Crippen LogP contribution in [0.1, 0.15) is 45.7 Å². The first-order valence-electron chi connectivity index (χ1n) is 7.29. The molecule has 98 valence electrons. The smallest absolute Gasteiger partial charge is 0.0305 e. The summed E-state index contributed by atoms with van der Waals surface area (Å²) in [5.41, 5.74) is 4.73. The van der Waals surface area contributed by atoms with E-state index in [0.29, 0.717) is 12.0 Å². The van der Waals surface area contributed by atoms with Gasteiger partial charge in [-0.2, -0.15) is 0 Å². The fourth-order valence-corrected chi connectivity index (χ4v) is 4.77. The highest BCUT2D eigenvalue weighted by atomic mass is 32.1. The van der Waals surface area contributed by atoms with Gasteiger partial charge in [-0.15, -0.1) is 11.3 Å². The standard InChI is InChI=1S/C17H19NS/c1-2-12-9-14-16(19-12)10-18-15-8-7-11-5-3-4-6-13(11)17(14)15/h3-6,9,15,17-18H,2,7-8,10H2,1H3/t15-,17+/m0/s1. The Morgan fingerprint density at radius 3 is 3.05 bits per heavy atom. The quantitative estimate of drug-likeness (QED) is 0.829. The molecule has 0 saturated carbocycles. The summed E-state index contributed by atoms with van der Waals surface area (Å²) in [6, 6.07) is 12.1. The van der Waals surface area contributed by atoms with Crippen LogP contribution in [0, 0.1) is 0 Å². The highest BCUT2D eigenvalue weighted by Crippen LogP contribution is 2.43. The molecule has 0 bridgehead atoms. The lowest BCUT2D eigenvalue weighted by molar-refractivity contribution is 0.398. The molecule has 2 atom stereocenters. The molecule has 1 aliphatic heterocycles. The summed E-state index contributed by atoms with van der Waals surface area (Å²) in [7, 11) is 0. The van der Waals surface area contributed by atoms with Gasteiger partial charge in [-0.1, -0.05) is 31.2 Å². The lowest BCUT2D eigenvalue weighted by atomic mass is 9.74. The van der Waals surface area contributed by atoms with Crippen LogP contribution in [0.2, 0.25) is 0 Å². The molecule has 0 spiro atoms. The molecule has 2 aliphatic rings. The van der Waals surface area contributed by atoms with Crippen molar-refractivity contribution in [3.05, 3.63) is 56.8 Å². The van der Waals surface area contributed by atoms with Crippen molar-refractivity contribution in [1.29, 1.82) is 0 Å². The van der Waals surface area contributed by atoms with Gasteiger partial charge in [-0.05, 0) is 42.0 Å². The summed E-state index contributed by atoms with van der Waals surface area (Å²) in [6.45, 7) is 3.33. The zero-order valence-electron chi connectivity index (χ0n) is 11.3. The molecule has 0 saturated heterocycles. The van der Waals surface area contributed by atoms with Gasteiger partial charge in [0.1, 0.15) is 0 Å². The van der Waals surface area contributed by atoms with E-state index in [4.69, 9.17) is 0 Å². The molecule has 1 nitrogen and oxygen atoms in total. The van der Waals surface area contributed by atoms with E-state index in [-0.39, 0.29) is 0 Å². The van der Waals surface area contributed by atoms with Crippen molar-refractivity contribution in [2.45, 2.75) is 44.7 Å². The zero-order valence-corrected chi connectivity index (χ0v) is 12.1. The molecule has 0 unspecified atom stereocenters. The summed E-state index contributed by atoms with van der Waals surface area (Å²) in [4.78, 5) is 3.10. The highest BCUT2D eigenvalue weighted by Gasteiger charge is 2.35. The number of hydrogen-bond donors (Lipinski definition) is 1. The maximum absolute atomic E-state index is 3.77. The van der Waals surface area contributed by atoms with Crippen LogP contribution in [0.5, 0.6) is 0 Å². The Kier molecular flexibility index (Phi) is 2.75. The Morgan fingerprint density at radius 2 is 2.16 bits per heavy atom. The van der Waals surface area contributed by atoms with Crippen LogP contribution >= 0.6 is 11.3 Å². The second kappa shape index (κ2) is 4.46. The number of aryl methyl sites for hydroxylation is 2. The van der Waals surface area contributed by atoms with Crippen molar-refractivity contribution in [2.75, 3.05) is 0 Å². The Morgan fingerprint density at radius 1 is 1.26 bits per heavy atom. The van der Waals surface area contributed by atoms with E-state index in [0.717, 1.165) is 13.0 Å². The number of hydrogen-bond acceptors (Lipinski definition) is 2. The molecule has 4 rings (SSSR count).